The fourth-order valence-electron chi connectivity index (χ4n) is 3.85. The minimum Gasteiger partial charge on any atom is -0.507 e. The molecule has 1 unspecified atom stereocenters. The molecule has 0 spiro atoms. The molecule has 1 atom stereocenters. The van der Waals surface area contributed by atoms with Crippen LogP contribution >= 0.6 is 11.6 Å². The highest BCUT2D eigenvalue weighted by Gasteiger charge is 2.48. The van der Waals surface area contributed by atoms with Crippen LogP contribution in [0.3, 0.4) is 0 Å². The van der Waals surface area contributed by atoms with Crippen LogP contribution in [0.2, 0.25) is 5.02 Å². The zero-order valence-corrected chi connectivity index (χ0v) is 17.1. The van der Waals surface area contributed by atoms with Crippen LogP contribution in [0.15, 0.2) is 64.8 Å². The van der Waals surface area contributed by atoms with Gasteiger partial charge in [-0.25, -0.2) is 0 Å². The Hall–Kier alpha value is -3.71. The summed E-state index contributed by atoms with van der Waals surface area (Å²) in [5.74, 6) is -0.626. The van der Waals surface area contributed by atoms with Crippen molar-refractivity contribution in [2.75, 3.05) is 11.7 Å². The van der Waals surface area contributed by atoms with Gasteiger partial charge in [0.05, 0.1) is 11.8 Å². The van der Waals surface area contributed by atoms with Crippen LogP contribution in [0.1, 0.15) is 22.9 Å². The Morgan fingerprint density at radius 2 is 1.90 bits per heavy atom. The molecular weight excluding hydrogens is 422 g/mol. The molecule has 1 saturated heterocycles. The SMILES string of the molecule is Cc1c(Cl)cccc1N1C(=O)C(=O)/C(=C(\O)c2ccc3c(c2)OCO3)C1c1ccco1. The summed E-state index contributed by atoms with van der Waals surface area (Å²) < 4.78 is 16.2. The number of hydrogen-bond acceptors (Lipinski definition) is 6. The summed E-state index contributed by atoms with van der Waals surface area (Å²) in [6, 6.07) is 12.2. The lowest BCUT2D eigenvalue weighted by Gasteiger charge is -2.25. The van der Waals surface area contributed by atoms with Crippen molar-refractivity contribution < 1.29 is 28.6 Å². The molecule has 1 fully saturated rings. The van der Waals surface area contributed by atoms with Gasteiger partial charge in [-0.1, -0.05) is 17.7 Å². The molecule has 156 valence electrons. The van der Waals surface area contributed by atoms with Crippen molar-refractivity contribution in [3.05, 3.63) is 82.3 Å². The average Bonchev–Trinajstić information content (AvgIpc) is 3.50. The van der Waals surface area contributed by atoms with Crippen LogP contribution in [-0.4, -0.2) is 23.6 Å². The standard InChI is InChI=1S/C23H16ClNO6/c1-12-14(24)4-2-5-15(12)25-20(17-6-3-9-29-17)19(22(27)23(25)28)21(26)13-7-8-16-18(10-13)31-11-30-16/h2-10,20,26H,11H2,1H3/b21-19-. The molecule has 8 heteroatoms. The lowest BCUT2D eigenvalue weighted by atomic mass is 9.98. The van der Waals surface area contributed by atoms with Gasteiger partial charge in [0.25, 0.3) is 11.7 Å². The molecule has 2 aliphatic rings. The van der Waals surface area contributed by atoms with E-state index in [1.807, 2.05) is 0 Å². The molecule has 3 aromatic rings. The number of carbonyl (C=O) groups excluding carboxylic acids is 2. The number of benzene rings is 2. The molecule has 2 aromatic carbocycles. The van der Waals surface area contributed by atoms with Gasteiger partial charge in [-0.2, -0.15) is 0 Å². The number of aliphatic hydroxyl groups is 1. The summed E-state index contributed by atoms with van der Waals surface area (Å²) in [5, 5.41) is 11.6. The summed E-state index contributed by atoms with van der Waals surface area (Å²) in [5.41, 5.74) is 1.33. The largest absolute Gasteiger partial charge is 0.507 e. The number of carbonyl (C=O) groups is 2. The van der Waals surface area contributed by atoms with Gasteiger partial charge in [-0.3, -0.25) is 14.5 Å². The third kappa shape index (κ3) is 2.97. The minimum absolute atomic E-state index is 0.0738. The lowest BCUT2D eigenvalue weighted by Crippen LogP contribution is -2.30. The number of halogens is 1. The molecule has 0 saturated carbocycles. The Balaban J connectivity index is 1.71. The van der Waals surface area contributed by atoms with E-state index in [1.54, 1.807) is 55.5 Å². The van der Waals surface area contributed by atoms with Crippen LogP contribution in [0, 0.1) is 6.92 Å². The van der Waals surface area contributed by atoms with Gasteiger partial charge < -0.3 is 19.0 Å². The Morgan fingerprint density at radius 3 is 2.68 bits per heavy atom. The summed E-state index contributed by atoms with van der Waals surface area (Å²) >= 11 is 6.26. The first-order valence-corrected chi connectivity index (χ1v) is 9.84. The molecule has 31 heavy (non-hydrogen) atoms. The zero-order chi connectivity index (χ0) is 21.7. The summed E-state index contributed by atoms with van der Waals surface area (Å²) in [4.78, 5) is 27.5. The first-order chi connectivity index (χ1) is 15.0. The third-order valence-corrected chi connectivity index (χ3v) is 5.81. The maximum Gasteiger partial charge on any atom is 0.300 e. The second-order valence-electron chi connectivity index (χ2n) is 7.14. The number of nitrogens with zero attached hydrogens (tertiary/aromatic N) is 1. The fourth-order valence-corrected chi connectivity index (χ4v) is 4.02. The van der Waals surface area contributed by atoms with E-state index in [-0.39, 0.29) is 18.1 Å². The molecule has 0 aliphatic carbocycles. The second-order valence-corrected chi connectivity index (χ2v) is 7.54. The molecule has 5 rings (SSSR count). The Labute approximate surface area is 182 Å². The number of furan rings is 1. The topological polar surface area (TPSA) is 89.2 Å². The highest BCUT2D eigenvalue weighted by atomic mass is 35.5. The number of ether oxygens (including phenoxy) is 2. The Kier molecular flexibility index (Phi) is 4.48. The number of fused-ring (bicyclic) bond motifs is 1. The van der Waals surface area contributed by atoms with Crippen molar-refractivity contribution in [1.29, 1.82) is 0 Å². The first-order valence-electron chi connectivity index (χ1n) is 9.47. The van der Waals surface area contributed by atoms with Crippen LogP contribution in [-0.2, 0) is 9.59 Å². The van der Waals surface area contributed by atoms with Gasteiger partial charge >= 0.3 is 0 Å². The maximum absolute atomic E-state index is 13.1. The molecule has 7 nitrogen and oxygen atoms in total. The van der Waals surface area contributed by atoms with Crippen molar-refractivity contribution in [2.45, 2.75) is 13.0 Å². The van der Waals surface area contributed by atoms with Crippen molar-refractivity contribution in [1.82, 2.24) is 0 Å². The van der Waals surface area contributed by atoms with Gasteiger partial charge in [0.1, 0.15) is 17.6 Å². The normalized spacial score (nSPS) is 19.3. The summed E-state index contributed by atoms with van der Waals surface area (Å²) in [6.45, 7) is 1.83. The average molecular weight is 438 g/mol. The van der Waals surface area contributed by atoms with Gasteiger partial charge in [0.15, 0.2) is 11.5 Å². The number of anilines is 1. The highest BCUT2D eigenvalue weighted by molar-refractivity contribution is 6.52. The van der Waals surface area contributed by atoms with E-state index >= 15 is 0 Å². The Bertz CT molecular complexity index is 1250. The van der Waals surface area contributed by atoms with E-state index in [9.17, 15) is 14.7 Å². The van der Waals surface area contributed by atoms with Gasteiger partial charge in [-0.05, 0) is 55.0 Å². The molecule has 1 N–H and O–H groups in total. The van der Waals surface area contributed by atoms with Crippen molar-refractivity contribution in [2.24, 2.45) is 0 Å². The summed E-state index contributed by atoms with van der Waals surface area (Å²) in [7, 11) is 0. The smallest absolute Gasteiger partial charge is 0.300 e. The number of rotatable bonds is 3. The second kappa shape index (κ2) is 7.21. The van der Waals surface area contributed by atoms with E-state index < -0.39 is 17.7 Å². The maximum atomic E-state index is 13.1. The number of aliphatic hydroxyl groups excluding tert-OH is 1. The monoisotopic (exact) mass is 437 g/mol. The molecule has 2 aliphatic heterocycles. The van der Waals surface area contributed by atoms with Crippen LogP contribution in [0.25, 0.3) is 5.76 Å². The van der Waals surface area contributed by atoms with Gasteiger partial charge in [0.2, 0.25) is 6.79 Å². The van der Waals surface area contributed by atoms with E-state index in [1.165, 1.54) is 11.2 Å². The summed E-state index contributed by atoms with van der Waals surface area (Å²) in [6.07, 6.45) is 1.45. The highest BCUT2D eigenvalue weighted by Crippen LogP contribution is 2.45. The van der Waals surface area contributed by atoms with E-state index in [0.717, 1.165) is 0 Å². The van der Waals surface area contributed by atoms with Crippen molar-refractivity contribution >= 4 is 34.7 Å². The molecular formula is C23H16ClNO6. The number of hydrogen-bond donors (Lipinski definition) is 1. The predicted molar refractivity (Wildman–Crippen MR) is 112 cm³/mol. The van der Waals surface area contributed by atoms with E-state index in [0.29, 0.717) is 39.1 Å². The predicted octanol–water partition coefficient (Wildman–Crippen LogP) is 4.60. The Morgan fingerprint density at radius 1 is 1.10 bits per heavy atom. The number of ketones is 1. The van der Waals surface area contributed by atoms with Crippen LogP contribution in [0.4, 0.5) is 5.69 Å². The lowest BCUT2D eigenvalue weighted by molar-refractivity contribution is -0.132. The van der Waals surface area contributed by atoms with Gasteiger partial charge in [0, 0.05) is 16.3 Å². The number of amides is 1. The van der Waals surface area contributed by atoms with Crippen molar-refractivity contribution in [3.63, 3.8) is 0 Å². The minimum atomic E-state index is -0.961. The molecule has 1 aromatic heterocycles. The molecule has 0 bridgehead atoms. The zero-order valence-electron chi connectivity index (χ0n) is 16.3. The molecule has 3 heterocycles. The van der Waals surface area contributed by atoms with Crippen molar-refractivity contribution in [3.8, 4) is 11.5 Å². The van der Waals surface area contributed by atoms with E-state index in [2.05, 4.69) is 0 Å². The number of Topliss-reactive ketones (excluding diaryl/α,β-unsaturated/α-hetero) is 1. The van der Waals surface area contributed by atoms with E-state index in [4.69, 9.17) is 25.5 Å². The first kappa shape index (κ1) is 19.3. The molecule has 1 amide bonds. The van der Waals surface area contributed by atoms with Crippen LogP contribution < -0.4 is 14.4 Å². The fraction of sp³-hybridized carbons (Fsp3) is 0.130. The molecule has 0 radical (unpaired) electrons. The van der Waals surface area contributed by atoms with Crippen LogP contribution in [0.5, 0.6) is 11.5 Å². The third-order valence-electron chi connectivity index (χ3n) is 5.40. The quantitative estimate of drug-likeness (QED) is 0.366. The van der Waals surface area contributed by atoms with Gasteiger partial charge in [-0.15, -0.1) is 0 Å².